The van der Waals surface area contributed by atoms with E-state index in [0.717, 1.165) is 75.1 Å². The topological polar surface area (TPSA) is 61.4 Å². The number of hydrogen-bond donors (Lipinski definition) is 2. The van der Waals surface area contributed by atoms with Crippen molar-refractivity contribution in [1.82, 2.24) is 10.2 Å². The van der Waals surface area contributed by atoms with Gasteiger partial charge in [-0.1, -0.05) is 13.8 Å². The predicted molar refractivity (Wildman–Crippen MR) is 112 cm³/mol. The molecular formula is C21H33N3O2S. The van der Waals surface area contributed by atoms with Gasteiger partial charge in [-0.05, 0) is 69.9 Å². The van der Waals surface area contributed by atoms with Gasteiger partial charge in [-0.25, -0.2) is 0 Å². The molecule has 1 aromatic heterocycles. The summed E-state index contributed by atoms with van der Waals surface area (Å²) in [5.74, 6) is 0.151. The van der Waals surface area contributed by atoms with Crippen LogP contribution in [0.5, 0.6) is 0 Å². The molecule has 2 aliphatic heterocycles. The Hall–Kier alpha value is -1.40. The van der Waals surface area contributed by atoms with Crippen LogP contribution < -0.4 is 10.6 Å². The zero-order valence-electron chi connectivity index (χ0n) is 16.7. The van der Waals surface area contributed by atoms with Crippen LogP contribution in [0.4, 0.5) is 5.00 Å². The van der Waals surface area contributed by atoms with Gasteiger partial charge in [-0.3, -0.25) is 9.59 Å². The van der Waals surface area contributed by atoms with Gasteiger partial charge < -0.3 is 15.5 Å². The molecule has 0 bridgehead atoms. The number of amides is 2. The minimum Gasteiger partial charge on any atom is -0.339 e. The Labute approximate surface area is 166 Å². The number of piperidine rings is 1. The van der Waals surface area contributed by atoms with Crippen LogP contribution in [0.2, 0.25) is 0 Å². The molecule has 1 aliphatic carbocycles. The molecule has 2 amide bonds. The number of nitrogens with one attached hydrogen (secondary N) is 2. The summed E-state index contributed by atoms with van der Waals surface area (Å²) in [6.07, 6.45) is 9.64. The molecule has 3 aliphatic rings. The van der Waals surface area contributed by atoms with E-state index in [9.17, 15) is 9.59 Å². The number of rotatable bonds is 3. The number of aryl methyl sites for hydroxylation is 1. The van der Waals surface area contributed by atoms with E-state index in [1.54, 1.807) is 11.3 Å². The number of carbonyl (C=O) groups excluding carboxylic acids is 2. The van der Waals surface area contributed by atoms with Crippen LogP contribution in [-0.2, 0) is 17.6 Å². The Morgan fingerprint density at radius 3 is 2.48 bits per heavy atom. The summed E-state index contributed by atoms with van der Waals surface area (Å²) in [5, 5.41) is 7.14. The van der Waals surface area contributed by atoms with Gasteiger partial charge in [0.05, 0.1) is 11.6 Å². The minimum absolute atomic E-state index is 0.0174. The van der Waals surface area contributed by atoms with Gasteiger partial charge in [-0.15, -0.1) is 11.3 Å². The van der Waals surface area contributed by atoms with Crippen molar-refractivity contribution in [1.29, 1.82) is 0 Å². The molecule has 0 spiro atoms. The fourth-order valence-electron chi connectivity index (χ4n) is 4.24. The second-order valence-corrected chi connectivity index (χ2v) is 8.51. The molecule has 0 radical (unpaired) electrons. The molecule has 2 fully saturated rings. The summed E-state index contributed by atoms with van der Waals surface area (Å²) < 4.78 is 0. The van der Waals surface area contributed by atoms with Crippen LogP contribution in [0.3, 0.4) is 0 Å². The number of likely N-dealkylation sites (tertiary alicyclic amines) is 1. The van der Waals surface area contributed by atoms with Gasteiger partial charge in [0.15, 0.2) is 0 Å². The summed E-state index contributed by atoms with van der Waals surface area (Å²) in [5.41, 5.74) is 2.01. The molecule has 0 saturated carbocycles. The molecule has 2 saturated heterocycles. The Balaban J connectivity index is 0.00000102. The summed E-state index contributed by atoms with van der Waals surface area (Å²) in [6.45, 7) is 6.60. The molecule has 5 nitrogen and oxygen atoms in total. The third kappa shape index (κ3) is 4.54. The zero-order chi connectivity index (χ0) is 19.2. The van der Waals surface area contributed by atoms with E-state index in [1.807, 2.05) is 18.7 Å². The van der Waals surface area contributed by atoms with Crippen molar-refractivity contribution >= 4 is 28.2 Å². The summed E-state index contributed by atoms with van der Waals surface area (Å²) >= 11 is 1.63. The lowest BCUT2D eigenvalue weighted by Crippen LogP contribution is -2.38. The van der Waals surface area contributed by atoms with Crippen LogP contribution in [-0.4, -0.2) is 42.4 Å². The zero-order valence-corrected chi connectivity index (χ0v) is 17.6. The highest BCUT2D eigenvalue weighted by atomic mass is 32.1. The van der Waals surface area contributed by atoms with Crippen molar-refractivity contribution in [3.8, 4) is 0 Å². The van der Waals surface area contributed by atoms with Gasteiger partial charge in [0, 0.05) is 18.0 Å². The Kier molecular flexibility index (Phi) is 7.30. The van der Waals surface area contributed by atoms with Crippen LogP contribution in [0.1, 0.15) is 79.6 Å². The molecule has 1 aromatic rings. The fraction of sp³-hybridized carbons (Fsp3) is 0.714. The first-order chi connectivity index (χ1) is 13.2. The molecule has 4 rings (SSSR count). The van der Waals surface area contributed by atoms with Crippen molar-refractivity contribution in [2.24, 2.45) is 0 Å². The lowest BCUT2D eigenvalue weighted by Gasteiger charge is -2.27. The highest BCUT2D eigenvalue weighted by molar-refractivity contribution is 7.17. The van der Waals surface area contributed by atoms with Gasteiger partial charge >= 0.3 is 0 Å². The third-order valence-electron chi connectivity index (χ3n) is 5.64. The number of carbonyl (C=O) groups is 2. The fourth-order valence-corrected chi connectivity index (χ4v) is 5.53. The predicted octanol–water partition coefficient (Wildman–Crippen LogP) is 3.97. The average Bonchev–Trinajstić information content (AvgIpc) is 3.37. The van der Waals surface area contributed by atoms with Gasteiger partial charge in [0.2, 0.25) is 5.91 Å². The number of hydrogen-bond acceptors (Lipinski definition) is 4. The van der Waals surface area contributed by atoms with E-state index in [0.29, 0.717) is 0 Å². The summed E-state index contributed by atoms with van der Waals surface area (Å²) in [7, 11) is 0. The molecule has 0 aromatic carbocycles. The first-order valence-corrected chi connectivity index (χ1v) is 11.5. The van der Waals surface area contributed by atoms with Crippen molar-refractivity contribution in [3.63, 3.8) is 0 Å². The SMILES string of the molecule is CC.O=C(Nc1sc2c(c1C(=O)N1CCCCC1)CCCC2)C1CCCN1. The smallest absolute Gasteiger partial charge is 0.257 e. The minimum atomic E-state index is -0.114. The molecule has 150 valence electrons. The lowest BCUT2D eigenvalue weighted by atomic mass is 9.94. The van der Waals surface area contributed by atoms with E-state index in [-0.39, 0.29) is 17.9 Å². The number of anilines is 1. The molecule has 3 heterocycles. The van der Waals surface area contributed by atoms with E-state index in [4.69, 9.17) is 0 Å². The van der Waals surface area contributed by atoms with E-state index >= 15 is 0 Å². The second-order valence-electron chi connectivity index (χ2n) is 7.41. The Morgan fingerprint density at radius 1 is 1.04 bits per heavy atom. The van der Waals surface area contributed by atoms with Crippen molar-refractivity contribution in [2.75, 3.05) is 25.0 Å². The number of fused-ring (bicyclic) bond motifs is 1. The van der Waals surface area contributed by atoms with Crippen molar-refractivity contribution in [3.05, 3.63) is 16.0 Å². The van der Waals surface area contributed by atoms with Gasteiger partial charge in [-0.2, -0.15) is 0 Å². The highest BCUT2D eigenvalue weighted by Crippen LogP contribution is 2.39. The van der Waals surface area contributed by atoms with E-state index in [1.165, 1.54) is 23.3 Å². The lowest BCUT2D eigenvalue weighted by molar-refractivity contribution is -0.117. The quantitative estimate of drug-likeness (QED) is 0.819. The molecule has 1 unspecified atom stereocenters. The van der Waals surface area contributed by atoms with Crippen LogP contribution in [0.15, 0.2) is 0 Å². The largest absolute Gasteiger partial charge is 0.339 e. The van der Waals surface area contributed by atoms with Crippen molar-refractivity contribution in [2.45, 2.75) is 77.7 Å². The Bertz CT molecular complexity index is 659. The second kappa shape index (κ2) is 9.69. The van der Waals surface area contributed by atoms with Crippen LogP contribution in [0.25, 0.3) is 0 Å². The number of nitrogens with zero attached hydrogens (tertiary/aromatic N) is 1. The standard InChI is InChI=1S/C19H27N3O2S.C2H6/c23-17(14-8-6-10-20-14)21-18-16(13-7-2-3-9-15(13)25-18)19(24)22-11-4-1-5-12-22;1-2/h14,20H,1-12H2,(H,21,23);1-2H3. The van der Waals surface area contributed by atoms with Gasteiger partial charge in [0.25, 0.3) is 5.91 Å². The maximum Gasteiger partial charge on any atom is 0.257 e. The van der Waals surface area contributed by atoms with Crippen LogP contribution >= 0.6 is 11.3 Å². The number of thiophene rings is 1. The summed E-state index contributed by atoms with van der Waals surface area (Å²) in [6, 6.07) is -0.114. The summed E-state index contributed by atoms with van der Waals surface area (Å²) in [4.78, 5) is 29.1. The third-order valence-corrected chi connectivity index (χ3v) is 6.85. The normalized spacial score (nSPS) is 21.9. The molecule has 6 heteroatoms. The molecule has 2 N–H and O–H groups in total. The molecular weight excluding hydrogens is 358 g/mol. The first-order valence-electron chi connectivity index (χ1n) is 10.7. The van der Waals surface area contributed by atoms with E-state index < -0.39 is 0 Å². The maximum absolute atomic E-state index is 13.2. The highest BCUT2D eigenvalue weighted by Gasteiger charge is 2.31. The Morgan fingerprint density at radius 2 is 1.78 bits per heavy atom. The van der Waals surface area contributed by atoms with Gasteiger partial charge in [0.1, 0.15) is 5.00 Å². The van der Waals surface area contributed by atoms with Crippen molar-refractivity contribution < 1.29 is 9.59 Å². The monoisotopic (exact) mass is 391 g/mol. The van der Waals surface area contributed by atoms with Crippen LogP contribution in [0, 0.1) is 0 Å². The maximum atomic E-state index is 13.2. The first kappa shape index (κ1) is 20.3. The van der Waals surface area contributed by atoms with E-state index in [2.05, 4.69) is 10.6 Å². The molecule has 1 atom stereocenters. The molecule has 27 heavy (non-hydrogen) atoms. The average molecular weight is 392 g/mol.